The third kappa shape index (κ3) is 2.65. The van der Waals surface area contributed by atoms with Crippen molar-refractivity contribution in [2.45, 2.75) is 36.0 Å². The van der Waals surface area contributed by atoms with Gasteiger partial charge in [-0.15, -0.1) is 11.8 Å². The molecule has 0 bridgehead atoms. The summed E-state index contributed by atoms with van der Waals surface area (Å²) in [5.74, 6) is 0.782. The van der Waals surface area contributed by atoms with Gasteiger partial charge in [0.2, 0.25) is 5.91 Å². The SMILES string of the molecule is CC1CC(N)CN(C(=O)C2Cc3ccccc3S2)C1. The van der Waals surface area contributed by atoms with Gasteiger partial charge in [-0.05, 0) is 30.4 Å². The molecule has 3 unspecified atom stereocenters. The Balaban J connectivity index is 1.69. The molecule has 19 heavy (non-hydrogen) atoms. The van der Waals surface area contributed by atoms with Gasteiger partial charge in [-0.25, -0.2) is 0 Å². The normalized spacial score (nSPS) is 30.2. The van der Waals surface area contributed by atoms with Crippen molar-refractivity contribution in [1.82, 2.24) is 4.90 Å². The van der Waals surface area contributed by atoms with Crippen LogP contribution in [0.5, 0.6) is 0 Å². The van der Waals surface area contributed by atoms with Crippen molar-refractivity contribution in [1.29, 1.82) is 0 Å². The standard InChI is InChI=1S/C15H20N2OS/c1-10-6-12(16)9-17(8-10)15(18)14-7-11-4-2-3-5-13(11)19-14/h2-5,10,12,14H,6-9,16H2,1H3. The average Bonchev–Trinajstić information content (AvgIpc) is 2.80. The Morgan fingerprint density at radius 2 is 2.16 bits per heavy atom. The Hall–Kier alpha value is -1.00. The maximum Gasteiger partial charge on any atom is 0.236 e. The number of benzene rings is 1. The first kappa shape index (κ1) is 13.0. The highest BCUT2D eigenvalue weighted by Crippen LogP contribution is 2.38. The molecule has 0 aromatic heterocycles. The van der Waals surface area contributed by atoms with E-state index in [-0.39, 0.29) is 17.2 Å². The largest absolute Gasteiger partial charge is 0.340 e. The van der Waals surface area contributed by atoms with Gasteiger partial charge in [0.15, 0.2) is 0 Å². The smallest absolute Gasteiger partial charge is 0.236 e. The van der Waals surface area contributed by atoms with Crippen LogP contribution in [-0.4, -0.2) is 35.2 Å². The van der Waals surface area contributed by atoms with Crippen LogP contribution in [0.4, 0.5) is 0 Å². The molecule has 1 amide bonds. The number of rotatable bonds is 1. The van der Waals surface area contributed by atoms with E-state index in [1.165, 1.54) is 10.5 Å². The lowest BCUT2D eigenvalue weighted by atomic mass is 9.96. The van der Waals surface area contributed by atoms with E-state index in [2.05, 4.69) is 19.1 Å². The number of amides is 1. The summed E-state index contributed by atoms with van der Waals surface area (Å²) in [5, 5.41) is 0.0508. The predicted octanol–water partition coefficient (Wildman–Crippen LogP) is 1.90. The summed E-state index contributed by atoms with van der Waals surface area (Å²) < 4.78 is 0. The quantitative estimate of drug-likeness (QED) is 0.852. The van der Waals surface area contributed by atoms with Gasteiger partial charge in [-0.3, -0.25) is 4.79 Å². The van der Waals surface area contributed by atoms with Gasteiger partial charge in [0.1, 0.15) is 0 Å². The van der Waals surface area contributed by atoms with Crippen molar-refractivity contribution in [3.05, 3.63) is 29.8 Å². The zero-order chi connectivity index (χ0) is 13.4. The number of nitrogens with two attached hydrogens (primary N) is 1. The van der Waals surface area contributed by atoms with Gasteiger partial charge in [0, 0.05) is 24.0 Å². The summed E-state index contributed by atoms with van der Waals surface area (Å²) in [6.45, 7) is 3.76. The first-order valence-electron chi connectivity index (χ1n) is 6.92. The van der Waals surface area contributed by atoms with Crippen LogP contribution in [0.2, 0.25) is 0 Å². The Labute approximate surface area is 118 Å². The van der Waals surface area contributed by atoms with E-state index in [1.54, 1.807) is 11.8 Å². The van der Waals surface area contributed by atoms with Crippen LogP contribution in [-0.2, 0) is 11.2 Å². The summed E-state index contributed by atoms with van der Waals surface area (Å²) in [4.78, 5) is 15.8. The molecule has 2 aliphatic rings. The lowest BCUT2D eigenvalue weighted by Gasteiger charge is -2.36. The number of hydrogen-bond donors (Lipinski definition) is 1. The van der Waals surface area contributed by atoms with Gasteiger partial charge in [0.05, 0.1) is 5.25 Å². The van der Waals surface area contributed by atoms with E-state index >= 15 is 0 Å². The maximum atomic E-state index is 12.6. The van der Waals surface area contributed by atoms with Gasteiger partial charge < -0.3 is 10.6 Å². The fourth-order valence-electron chi connectivity index (χ4n) is 3.10. The minimum Gasteiger partial charge on any atom is -0.340 e. The first-order valence-corrected chi connectivity index (χ1v) is 7.80. The number of carbonyl (C=O) groups is 1. The minimum absolute atomic E-state index is 0.0508. The van der Waals surface area contributed by atoms with E-state index in [1.807, 2.05) is 17.0 Å². The van der Waals surface area contributed by atoms with Crippen molar-refractivity contribution in [2.75, 3.05) is 13.1 Å². The molecular formula is C15H20N2OS. The van der Waals surface area contributed by atoms with Gasteiger partial charge in [-0.2, -0.15) is 0 Å². The lowest BCUT2D eigenvalue weighted by molar-refractivity contribution is -0.132. The average molecular weight is 276 g/mol. The summed E-state index contributed by atoms with van der Waals surface area (Å²) in [7, 11) is 0. The lowest BCUT2D eigenvalue weighted by Crippen LogP contribution is -2.51. The number of carbonyl (C=O) groups excluding carboxylic acids is 1. The molecule has 2 heterocycles. The van der Waals surface area contributed by atoms with Crippen LogP contribution >= 0.6 is 11.8 Å². The molecule has 1 aromatic rings. The van der Waals surface area contributed by atoms with E-state index in [0.29, 0.717) is 5.92 Å². The fourth-order valence-corrected chi connectivity index (χ4v) is 4.38. The monoisotopic (exact) mass is 276 g/mol. The van der Waals surface area contributed by atoms with Crippen LogP contribution in [0.3, 0.4) is 0 Å². The van der Waals surface area contributed by atoms with E-state index < -0.39 is 0 Å². The molecule has 2 N–H and O–H groups in total. The molecule has 1 fully saturated rings. The number of piperidine rings is 1. The zero-order valence-corrected chi connectivity index (χ0v) is 12.0. The van der Waals surface area contributed by atoms with Crippen LogP contribution in [0.15, 0.2) is 29.2 Å². The molecule has 0 radical (unpaired) electrons. The Kier molecular flexibility index (Phi) is 3.54. The maximum absolute atomic E-state index is 12.6. The summed E-state index contributed by atoms with van der Waals surface area (Å²) >= 11 is 1.71. The number of hydrogen-bond acceptors (Lipinski definition) is 3. The zero-order valence-electron chi connectivity index (χ0n) is 11.2. The van der Waals surface area contributed by atoms with Crippen molar-refractivity contribution in [3.63, 3.8) is 0 Å². The molecule has 3 atom stereocenters. The van der Waals surface area contributed by atoms with Crippen LogP contribution in [0, 0.1) is 5.92 Å². The van der Waals surface area contributed by atoms with E-state index in [0.717, 1.165) is 25.9 Å². The van der Waals surface area contributed by atoms with Gasteiger partial charge in [0.25, 0.3) is 0 Å². The first-order chi connectivity index (χ1) is 9.13. The molecule has 3 rings (SSSR count). The highest BCUT2D eigenvalue weighted by molar-refractivity contribution is 8.01. The molecule has 1 saturated heterocycles. The Morgan fingerprint density at radius 3 is 2.89 bits per heavy atom. The summed E-state index contributed by atoms with van der Waals surface area (Å²) in [6, 6.07) is 8.46. The molecule has 0 aliphatic carbocycles. The van der Waals surface area contributed by atoms with Gasteiger partial charge >= 0.3 is 0 Å². The van der Waals surface area contributed by atoms with Crippen LogP contribution in [0.25, 0.3) is 0 Å². The number of fused-ring (bicyclic) bond motifs is 1. The van der Waals surface area contributed by atoms with Crippen molar-refractivity contribution < 1.29 is 4.79 Å². The number of thioether (sulfide) groups is 1. The highest BCUT2D eigenvalue weighted by atomic mass is 32.2. The van der Waals surface area contributed by atoms with Crippen LogP contribution in [0.1, 0.15) is 18.9 Å². The molecule has 4 heteroatoms. The van der Waals surface area contributed by atoms with Crippen molar-refractivity contribution >= 4 is 17.7 Å². The highest BCUT2D eigenvalue weighted by Gasteiger charge is 2.34. The fraction of sp³-hybridized carbons (Fsp3) is 0.533. The molecule has 0 spiro atoms. The molecule has 3 nitrogen and oxygen atoms in total. The molecule has 0 saturated carbocycles. The van der Waals surface area contributed by atoms with Gasteiger partial charge in [-0.1, -0.05) is 25.1 Å². The topological polar surface area (TPSA) is 46.3 Å². The Bertz CT molecular complexity index is 456. The Morgan fingerprint density at radius 1 is 1.37 bits per heavy atom. The van der Waals surface area contributed by atoms with E-state index in [9.17, 15) is 4.79 Å². The second-order valence-corrected chi connectivity index (χ2v) is 7.01. The molecule has 2 aliphatic heterocycles. The molecular weight excluding hydrogens is 256 g/mol. The molecule has 102 valence electrons. The number of likely N-dealkylation sites (tertiary alicyclic amines) is 1. The van der Waals surface area contributed by atoms with Crippen molar-refractivity contribution in [2.24, 2.45) is 11.7 Å². The van der Waals surface area contributed by atoms with Crippen molar-refractivity contribution in [3.8, 4) is 0 Å². The van der Waals surface area contributed by atoms with E-state index in [4.69, 9.17) is 5.73 Å². The second-order valence-electron chi connectivity index (χ2n) is 5.76. The minimum atomic E-state index is 0.0508. The predicted molar refractivity (Wildman–Crippen MR) is 78.1 cm³/mol. The molecule has 1 aromatic carbocycles. The third-order valence-electron chi connectivity index (χ3n) is 3.93. The summed E-state index contributed by atoms with van der Waals surface area (Å²) in [6.07, 6.45) is 1.89. The third-order valence-corrected chi connectivity index (χ3v) is 5.23. The van der Waals surface area contributed by atoms with Crippen LogP contribution < -0.4 is 5.73 Å². The second kappa shape index (κ2) is 5.17. The summed E-state index contributed by atoms with van der Waals surface area (Å²) in [5.41, 5.74) is 7.34. The number of nitrogens with zero attached hydrogens (tertiary/aromatic N) is 1.